The molecule has 3 heterocycles. The van der Waals surface area contributed by atoms with Crippen LogP contribution in [-0.4, -0.2) is 26.3 Å². The summed E-state index contributed by atoms with van der Waals surface area (Å²) < 4.78 is 11.4. The lowest BCUT2D eigenvalue weighted by Crippen LogP contribution is -2.10. The fraction of sp³-hybridized carbons (Fsp3) is 0.0625. The molecule has 0 spiro atoms. The highest BCUT2D eigenvalue weighted by Crippen LogP contribution is 2.29. The van der Waals surface area contributed by atoms with E-state index in [1.54, 1.807) is 12.1 Å². The molecule has 0 saturated heterocycles. The van der Waals surface area contributed by atoms with Gasteiger partial charge < -0.3 is 8.83 Å². The molecule has 0 saturated carbocycles. The number of thioether (sulfide) groups is 1. The second-order valence-electron chi connectivity index (χ2n) is 4.96. The minimum absolute atomic E-state index is 0.216. The first-order valence-corrected chi connectivity index (χ1v) is 9.27. The normalized spacial score (nSPS) is 10.8. The fourth-order valence-corrected chi connectivity index (χ4v) is 3.60. The van der Waals surface area contributed by atoms with Gasteiger partial charge in [0.1, 0.15) is 0 Å². The van der Waals surface area contributed by atoms with E-state index in [4.69, 9.17) is 8.83 Å². The van der Waals surface area contributed by atoms with Gasteiger partial charge in [-0.05, 0) is 24.3 Å². The van der Waals surface area contributed by atoms with Crippen molar-refractivity contribution in [3.8, 4) is 11.5 Å². The minimum atomic E-state index is -0.368. The van der Waals surface area contributed by atoms with Gasteiger partial charge in [0.15, 0.2) is 10.1 Å². The van der Waals surface area contributed by atoms with Gasteiger partial charge in [0.25, 0.3) is 5.91 Å². The maximum absolute atomic E-state index is 11.9. The quantitative estimate of drug-likeness (QED) is 0.395. The molecule has 0 bridgehead atoms. The molecule has 0 atom stereocenters. The van der Waals surface area contributed by atoms with Gasteiger partial charge in [0, 0.05) is 5.56 Å². The zero-order valence-corrected chi connectivity index (χ0v) is 14.8. The SMILES string of the molecule is O=C(Nc1nnc(SCc2nnc(-c3ccccc3)o2)s1)c1ccco1. The number of hydrogen-bond acceptors (Lipinski definition) is 9. The molecule has 10 heteroatoms. The second-order valence-corrected chi connectivity index (χ2v) is 7.16. The van der Waals surface area contributed by atoms with E-state index in [9.17, 15) is 4.79 Å². The van der Waals surface area contributed by atoms with Crippen LogP contribution < -0.4 is 5.32 Å². The van der Waals surface area contributed by atoms with Crippen LogP contribution in [0.2, 0.25) is 0 Å². The Labute approximate surface area is 155 Å². The zero-order valence-electron chi connectivity index (χ0n) is 13.2. The molecule has 0 aliphatic carbocycles. The second kappa shape index (κ2) is 7.50. The molecule has 0 aliphatic rings. The topological polar surface area (TPSA) is 107 Å². The van der Waals surface area contributed by atoms with E-state index in [1.807, 2.05) is 30.3 Å². The number of benzene rings is 1. The van der Waals surface area contributed by atoms with E-state index in [2.05, 4.69) is 25.7 Å². The molecule has 0 aliphatic heterocycles. The predicted molar refractivity (Wildman–Crippen MR) is 95.9 cm³/mol. The molecule has 0 fully saturated rings. The van der Waals surface area contributed by atoms with Crippen LogP contribution in [0.4, 0.5) is 5.13 Å². The molecule has 8 nitrogen and oxygen atoms in total. The Hall–Kier alpha value is -2.98. The molecular formula is C16H11N5O3S2. The summed E-state index contributed by atoms with van der Waals surface area (Å²) in [6.45, 7) is 0. The van der Waals surface area contributed by atoms with Crippen LogP contribution in [-0.2, 0) is 5.75 Å². The van der Waals surface area contributed by atoms with Crippen LogP contribution in [0.5, 0.6) is 0 Å². The predicted octanol–water partition coefficient (Wildman–Crippen LogP) is 3.73. The van der Waals surface area contributed by atoms with Crippen LogP contribution in [0, 0.1) is 0 Å². The van der Waals surface area contributed by atoms with Gasteiger partial charge in [-0.3, -0.25) is 10.1 Å². The summed E-state index contributed by atoms with van der Waals surface area (Å²) in [6.07, 6.45) is 1.43. The Bertz CT molecular complexity index is 998. The van der Waals surface area contributed by atoms with Crippen LogP contribution in [0.3, 0.4) is 0 Å². The first-order chi connectivity index (χ1) is 12.8. The molecule has 1 aromatic carbocycles. The summed E-state index contributed by atoms with van der Waals surface area (Å²) in [7, 11) is 0. The van der Waals surface area contributed by atoms with Gasteiger partial charge in [0.05, 0.1) is 12.0 Å². The summed E-state index contributed by atoms with van der Waals surface area (Å²) in [5.41, 5.74) is 0.870. The van der Waals surface area contributed by atoms with Crippen molar-refractivity contribution in [1.82, 2.24) is 20.4 Å². The van der Waals surface area contributed by atoms with Gasteiger partial charge in [-0.25, -0.2) is 0 Å². The van der Waals surface area contributed by atoms with Crippen molar-refractivity contribution in [2.24, 2.45) is 0 Å². The lowest BCUT2D eigenvalue weighted by molar-refractivity contribution is 0.0996. The standard InChI is InChI=1S/C16H11N5O3S2/c22-13(11-7-4-8-23-11)17-15-20-21-16(26-15)25-9-12-18-19-14(24-12)10-5-2-1-3-6-10/h1-8H,9H2,(H,17,20,22). The maximum atomic E-state index is 11.9. The Morgan fingerprint density at radius 2 is 1.96 bits per heavy atom. The molecule has 0 unspecified atom stereocenters. The minimum Gasteiger partial charge on any atom is -0.459 e. The fourth-order valence-electron chi connectivity index (χ4n) is 2.02. The van der Waals surface area contributed by atoms with Crippen molar-refractivity contribution >= 4 is 34.1 Å². The van der Waals surface area contributed by atoms with E-state index in [0.717, 1.165) is 5.56 Å². The number of anilines is 1. The molecule has 130 valence electrons. The molecular weight excluding hydrogens is 374 g/mol. The van der Waals surface area contributed by atoms with E-state index in [0.29, 0.717) is 27.0 Å². The number of carbonyl (C=O) groups is 1. The smallest absolute Gasteiger partial charge is 0.293 e. The van der Waals surface area contributed by atoms with Crippen molar-refractivity contribution in [3.05, 3.63) is 60.4 Å². The average molecular weight is 385 g/mol. The number of aromatic nitrogens is 4. The van der Waals surface area contributed by atoms with Crippen LogP contribution in [0.15, 0.2) is 61.9 Å². The molecule has 4 aromatic rings. The lowest BCUT2D eigenvalue weighted by atomic mass is 10.2. The third-order valence-corrected chi connectivity index (χ3v) is 5.14. The largest absolute Gasteiger partial charge is 0.459 e. The third-order valence-electron chi connectivity index (χ3n) is 3.18. The number of hydrogen-bond donors (Lipinski definition) is 1. The van der Waals surface area contributed by atoms with Crippen LogP contribution >= 0.6 is 23.1 Å². The molecule has 0 radical (unpaired) electrons. The molecule has 26 heavy (non-hydrogen) atoms. The Morgan fingerprint density at radius 1 is 1.08 bits per heavy atom. The van der Waals surface area contributed by atoms with Crippen molar-refractivity contribution in [2.75, 3.05) is 5.32 Å². The monoisotopic (exact) mass is 385 g/mol. The van der Waals surface area contributed by atoms with Gasteiger partial charge in [-0.15, -0.1) is 20.4 Å². The van der Waals surface area contributed by atoms with Gasteiger partial charge in [-0.2, -0.15) is 0 Å². The summed E-state index contributed by atoms with van der Waals surface area (Å²) >= 11 is 2.66. The zero-order chi connectivity index (χ0) is 17.8. The highest BCUT2D eigenvalue weighted by atomic mass is 32.2. The number of nitrogens with zero attached hydrogens (tertiary/aromatic N) is 4. The van der Waals surface area contributed by atoms with E-state index < -0.39 is 0 Å². The maximum Gasteiger partial charge on any atom is 0.293 e. The Kier molecular flexibility index (Phi) is 4.75. The van der Waals surface area contributed by atoms with E-state index in [1.165, 1.54) is 29.4 Å². The van der Waals surface area contributed by atoms with Crippen molar-refractivity contribution in [1.29, 1.82) is 0 Å². The highest BCUT2D eigenvalue weighted by Gasteiger charge is 2.14. The van der Waals surface area contributed by atoms with Crippen molar-refractivity contribution in [2.45, 2.75) is 10.1 Å². The average Bonchev–Trinajstić information content (AvgIpc) is 3.42. The number of furan rings is 1. The summed E-state index contributed by atoms with van der Waals surface area (Å²) in [5.74, 6) is 1.27. The lowest BCUT2D eigenvalue weighted by Gasteiger charge is -1.95. The van der Waals surface area contributed by atoms with Gasteiger partial charge >= 0.3 is 0 Å². The summed E-state index contributed by atoms with van der Waals surface area (Å²) in [6, 6.07) is 12.8. The van der Waals surface area contributed by atoms with Gasteiger partial charge in [-0.1, -0.05) is 41.3 Å². The summed E-state index contributed by atoms with van der Waals surface area (Å²) in [5, 5.41) is 19.1. The Balaban J connectivity index is 1.35. The summed E-state index contributed by atoms with van der Waals surface area (Å²) in [4.78, 5) is 11.9. The molecule has 1 N–H and O–H groups in total. The number of carbonyl (C=O) groups excluding carboxylic acids is 1. The van der Waals surface area contributed by atoms with Gasteiger partial charge in [0.2, 0.25) is 16.9 Å². The van der Waals surface area contributed by atoms with Crippen LogP contribution in [0.25, 0.3) is 11.5 Å². The number of rotatable bonds is 6. The van der Waals surface area contributed by atoms with Crippen molar-refractivity contribution < 1.29 is 13.6 Å². The van der Waals surface area contributed by atoms with Crippen LogP contribution in [0.1, 0.15) is 16.4 Å². The Morgan fingerprint density at radius 3 is 2.77 bits per heavy atom. The molecule has 4 rings (SSSR count). The first-order valence-electron chi connectivity index (χ1n) is 7.47. The number of nitrogens with one attached hydrogen (secondary N) is 1. The van der Waals surface area contributed by atoms with Crippen molar-refractivity contribution in [3.63, 3.8) is 0 Å². The highest BCUT2D eigenvalue weighted by molar-refractivity contribution is 8.00. The molecule has 1 amide bonds. The van der Waals surface area contributed by atoms with E-state index in [-0.39, 0.29) is 11.7 Å². The number of amides is 1. The van der Waals surface area contributed by atoms with E-state index >= 15 is 0 Å². The first kappa shape index (κ1) is 16.5. The third kappa shape index (κ3) is 3.81. The molecule has 3 aromatic heterocycles.